The molecule has 0 atom stereocenters. The molecule has 4 rings (SSSR count). The van der Waals surface area contributed by atoms with Gasteiger partial charge in [-0.2, -0.15) is 0 Å². The van der Waals surface area contributed by atoms with E-state index in [1.807, 2.05) is 40.7 Å². The molecule has 6 nitrogen and oxygen atoms in total. The van der Waals surface area contributed by atoms with Crippen molar-refractivity contribution in [3.05, 3.63) is 52.5 Å². The van der Waals surface area contributed by atoms with Gasteiger partial charge < -0.3 is 14.2 Å². The number of nitrogens with zero attached hydrogens (tertiary/aromatic N) is 3. The molecule has 34 heavy (non-hydrogen) atoms. The van der Waals surface area contributed by atoms with E-state index in [2.05, 4.69) is 4.98 Å². The Balaban J connectivity index is 1.82. The van der Waals surface area contributed by atoms with E-state index in [1.165, 1.54) is 12.1 Å². The van der Waals surface area contributed by atoms with Gasteiger partial charge in [0.1, 0.15) is 11.3 Å². The summed E-state index contributed by atoms with van der Waals surface area (Å²) in [6.45, 7) is 10.7. The fourth-order valence-electron chi connectivity index (χ4n) is 4.45. The Morgan fingerprint density at radius 1 is 1.21 bits per heavy atom. The standard InChI is InChI=1S/C26H29ClFN3O3/c1-25(2,3)16-12-19(15-7-8-17(27)18(28)11-15)29-20-13-21(34-23(16)20)24(33)31-10-9-22(32)30(6)14-26(31,4)5/h7-8,11-13H,9-10,14H2,1-6H3. The first-order valence-corrected chi connectivity index (χ1v) is 11.6. The van der Waals surface area contributed by atoms with Crippen molar-refractivity contribution in [2.75, 3.05) is 20.1 Å². The van der Waals surface area contributed by atoms with E-state index in [0.717, 1.165) is 5.56 Å². The van der Waals surface area contributed by atoms with Gasteiger partial charge in [0.15, 0.2) is 11.3 Å². The Bertz CT molecular complexity index is 1290. The van der Waals surface area contributed by atoms with E-state index in [1.54, 1.807) is 29.0 Å². The van der Waals surface area contributed by atoms with Gasteiger partial charge in [0.05, 0.1) is 16.3 Å². The molecule has 0 saturated carbocycles. The van der Waals surface area contributed by atoms with E-state index in [9.17, 15) is 14.0 Å². The van der Waals surface area contributed by atoms with Crippen LogP contribution in [0.3, 0.4) is 0 Å². The molecule has 0 spiro atoms. The molecule has 0 radical (unpaired) electrons. The van der Waals surface area contributed by atoms with Gasteiger partial charge in [-0.15, -0.1) is 0 Å². The normalized spacial score (nSPS) is 16.8. The van der Waals surface area contributed by atoms with Gasteiger partial charge in [-0.05, 0) is 37.5 Å². The maximum atomic E-state index is 14.1. The molecule has 1 aliphatic rings. The lowest BCUT2D eigenvalue weighted by molar-refractivity contribution is -0.129. The molecule has 1 fully saturated rings. The van der Waals surface area contributed by atoms with E-state index in [0.29, 0.717) is 35.4 Å². The van der Waals surface area contributed by atoms with Crippen LogP contribution in [0.1, 0.15) is 57.2 Å². The summed E-state index contributed by atoms with van der Waals surface area (Å²) in [6, 6.07) is 8.06. The monoisotopic (exact) mass is 485 g/mol. The summed E-state index contributed by atoms with van der Waals surface area (Å²) in [5.41, 5.74) is 2.15. The molecule has 3 aromatic rings. The van der Waals surface area contributed by atoms with Crippen molar-refractivity contribution in [1.82, 2.24) is 14.8 Å². The molecule has 0 bridgehead atoms. The van der Waals surface area contributed by atoms with Gasteiger partial charge in [0.25, 0.3) is 5.91 Å². The molecule has 2 amide bonds. The maximum absolute atomic E-state index is 14.1. The molecule has 1 saturated heterocycles. The van der Waals surface area contributed by atoms with Crippen LogP contribution < -0.4 is 0 Å². The number of halogens is 2. The number of hydrogen-bond donors (Lipinski definition) is 0. The van der Waals surface area contributed by atoms with Gasteiger partial charge in [-0.1, -0.05) is 38.4 Å². The van der Waals surface area contributed by atoms with Crippen LogP contribution in [-0.4, -0.2) is 52.3 Å². The van der Waals surface area contributed by atoms with Crippen molar-refractivity contribution in [3.63, 3.8) is 0 Å². The number of rotatable bonds is 2. The molecule has 1 aromatic carbocycles. The Kier molecular flexibility index (Phi) is 5.96. The van der Waals surface area contributed by atoms with Crippen LogP contribution in [0.15, 0.2) is 34.7 Å². The smallest absolute Gasteiger partial charge is 0.290 e. The minimum Gasteiger partial charge on any atom is -0.449 e. The molecule has 3 heterocycles. The lowest BCUT2D eigenvalue weighted by atomic mass is 9.86. The Morgan fingerprint density at radius 2 is 1.91 bits per heavy atom. The summed E-state index contributed by atoms with van der Waals surface area (Å²) >= 11 is 5.86. The molecule has 0 unspecified atom stereocenters. The van der Waals surface area contributed by atoms with Gasteiger partial charge in [0, 0.05) is 43.8 Å². The Hall–Kier alpha value is -2.93. The fraction of sp³-hybridized carbons (Fsp3) is 0.423. The van der Waals surface area contributed by atoms with Crippen molar-refractivity contribution in [3.8, 4) is 11.3 Å². The van der Waals surface area contributed by atoms with Crippen LogP contribution in [0.25, 0.3) is 22.4 Å². The zero-order valence-corrected chi connectivity index (χ0v) is 21.1. The van der Waals surface area contributed by atoms with E-state index in [-0.39, 0.29) is 34.4 Å². The minimum absolute atomic E-state index is 0.00417. The summed E-state index contributed by atoms with van der Waals surface area (Å²) in [5, 5.41) is 0.0428. The van der Waals surface area contributed by atoms with E-state index >= 15 is 0 Å². The average Bonchev–Trinajstić information content (AvgIpc) is 3.13. The lowest BCUT2D eigenvalue weighted by Gasteiger charge is -2.37. The lowest BCUT2D eigenvalue weighted by Crippen LogP contribution is -2.51. The van der Waals surface area contributed by atoms with Crippen LogP contribution in [-0.2, 0) is 10.2 Å². The van der Waals surface area contributed by atoms with Crippen molar-refractivity contribution in [2.45, 2.75) is 52.0 Å². The van der Waals surface area contributed by atoms with Crippen molar-refractivity contribution in [2.24, 2.45) is 0 Å². The van der Waals surface area contributed by atoms with Gasteiger partial charge in [-0.3, -0.25) is 9.59 Å². The zero-order valence-electron chi connectivity index (χ0n) is 20.3. The Morgan fingerprint density at radius 3 is 2.56 bits per heavy atom. The van der Waals surface area contributed by atoms with Crippen LogP contribution in [0, 0.1) is 5.82 Å². The summed E-state index contributed by atoms with van der Waals surface area (Å²) < 4.78 is 20.2. The van der Waals surface area contributed by atoms with Crippen LogP contribution in [0.4, 0.5) is 4.39 Å². The second kappa shape index (κ2) is 8.38. The number of aromatic nitrogens is 1. The second-order valence-corrected chi connectivity index (χ2v) is 10.9. The Labute approximate surface area is 203 Å². The number of furan rings is 1. The van der Waals surface area contributed by atoms with E-state index in [4.69, 9.17) is 16.0 Å². The molecule has 1 aliphatic heterocycles. The number of carbonyl (C=O) groups excluding carboxylic acids is 2. The molecule has 180 valence electrons. The highest BCUT2D eigenvalue weighted by atomic mass is 35.5. The number of fused-ring (bicyclic) bond motifs is 1. The van der Waals surface area contributed by atoms with Crippen LogP contribution in [0.5, 0.6) is 0 Å². The minimum atomic E-state index is -0.566. The molecule has 0 N–H and O–H groups in total. The number of carbonyl (C=O) groups is 2. The zero-order chi connectivity index (χ0) is 25.0. The van der Waals surface area contributed by atoms with Crippen molar-refractivity contribution in [1.29, 1.82) is 0 Å². The first-order chi connectivity index (χ1) is 15.8. The number of amides is 2. The predicted molar refractivity (Wildman–Crippen MR) is 130 cm³/mol. The largest absolute Gasteiger partial charge is 0.449 e. The second-order valence-electron chi connectivity index (χ2n) is 10.5. The highest BCUT2D eigenvalue weighted by molar-refractivity contribution is 6.30. The average molecular weight is 486 g/mol. The SMILES string of the molecule is CN1CC(C)(C)N(C(=O)c2cc3nc(-c4ccc(Cl)c(F)c4)cc(C(C)(C)C)c3o2)CCC1=O. The van der Waals surface area contributed by atoms with Gasteiger partial charge in [0.2, 0.25) is 5.91 Å². The third-order valence-corrected chi connectivity index (χ3v) is 6.59. The molecule has 0 aliphatic carbocycles. The first-order valence-electron chi connectivity index (χ1n) is 11.2. The molecule has 2 aromatic heterocycles. The van der Waals surface area contributed by atoms with Crippen LogP contribution >= 0.6 is 11.6 Å². The van der Waals surface area contributed by atoms with Crippen molar-refractivity contribution < 1.29 is 18.4 Å². The van der Waals surface area contributed by atoms with Gasteiger partial charge >= 0.3 is 0 Å². The predicted octanol–water partition coefficient (Wildman–Crippen LogP) is 5.67. The molecular formula is C26H29ClFN3O3. The third kappa shape index (κ3) is 4.41. The third-order valence-electron chi connectivity index (χ3n) is 6.29. The first kappa shape index (κ1) is 24.2. The fourth-order valence-corrected chi connectivity index (χ4v) is 4.57. The van der Waals surface area contributed by atoms with Gasteiger partial charge in [-0.25, -0.2) is 9.37 Å². The maximum Gasteiger partial charge on any atom is 0.290 e. The number of benzene rings is 1. The number of pyridine rings is 1. The molecular weight excluding hydrogens is 457 g/mol. The molecule has 8 heteroatoms. The highest BCUT2D eigenvalue weighted by Gasteiger charge is 2.38. The van der Waals surface area contributed by atoms with E-state index < -0.39 is 11.4 Å². The number of likely N-dealkylation sites (N-methyl/N-ethyl adjacent to an activating group) is 1. The summed E-state index contributed by atoms with van der Waals surface area (Å²) in [6.07, 6.45) is 0.254. The topological polar surface area (TPSA) is 66.7 Å². The summed E-state index contributed by atoms with van der Waals surface area (Å²) in [7, 11) is 1.75. The van der Waals surface area contributed by atoms with Crippen LogP contribution in [0.2, 0.25) is 5.02 Å². The number of hydrogen-bond acceptors (Lipinski definition) is 4. The summed E-state index contributed by atoms with van der Waals surface area (Å²) in [5.74, 6) is -0.642. The highest BCUT2D eigenvalue weighted by Crippen LogP contribution is 2.36. The quantitative estimate of drug-likeness (QED) is 0.469. The van der Waals surface area contributed by atoms with Crippen molar-refractivity contribution >= 4 is 34.5 Å². The summed E-state index contributed by atoms with van der Waals surface area (Å²) in [4.78, 5) is 33.8.